The molecule has 238 valence electrons. The summed E-state index contributed by atoms with van der Waals surface area (Å²) in [5.41, 5.74) is 4.99. The SMILES string of the molecule is Cc1cc(CCC(=O)O)cc(C(C)(C)C)c1O.Cc1cc(CCC(=O)O)cc(C(C)(C)C)c1O.OCCCCCCO. The highest BCUT2D eigenvalue weighted by molar-refractivity contribution is 5.67. The summed E-state index contributed by atoms with van der Waals surface area (Å²) in [5, 5.41) is 54.0. The van der Waals surface area contributed by atoms with Gasteiger partial charge in [-0.3, -0.25) is 9.59 Å². The number of unbranched alkanes of at least 4 members (excludes halogenated alkanes) is 3. The third-order valence-electron chi connectivity index (χ3n) is 6.66. The van der Waals surface area contributed by atoms with Gasteiger partial charge in [-0.1, -0.05) is 78.6 Å². The molecule has 8 nitrogen and oxygen atoms in total. The Hall–Kier alpha value is -3.10. The quantitative estimate of drug-likeness (QED) is 0.161. The molecule has 0 spiro atoms. The van der Waals surface area contributed by atoms with Gasteiger partial charge in [0, 0.05) is 26.1 Å². The number of carboxylic acid groups (broad SMARTS) is 2. The van der Waals surface area contributed by atoms with Gasteiger partial charge in [-0.15, -0.1) is 0 Å². The maximum Gasteiger partial charge on any atom is 0.303 e. The molecule has 0 saturated carbocycles. The highest BCUT2D eigenvalue weighted by atomic mass is 16.4. The molecule has 0 atom stereocenters. The largest absolute Gasteiger partial charge is 0.507 e. The highest BCUT2D eigenvalue weighted by Crippen LogP contribution is 2.35. The van der Waals surface area contributed by atoms with Crippen molar-refractivity contribution in [3.05, 3.63) is 57.6 Å². The van der Waals surface area contributed by atoms with Crippen molar-refractivity contribution in [3.8, 4) is 11.5 Å². The lowest BCUT2D eigenvalue weighted by molar-refractivity contribution is -0.138. The lowest BCUT2D eigenvalue weighted by Crippen LogP contribution is -2.12. The summed E-state index contributed by atoms with van der Waals surface area (Å²) in [6.07, 6.45) is 5.06. The van der Waals surface area contributed by atoms with Crippen LogP contribution in [0.15, 0.2) is 24.3 Å². The van der Waals surface area contributed by atoms with E-state index in [2.05, 4.69) is 0 Å². The molecular formula is C34H54O8. The lowest BCUT2D eigenvalue weighted by Gasteiger charge is -2.22. The van der Waals surface area contributed by atoms with Gasteiger partial charge < -0.3 is 30.6 Å². The Morgan fingerprint density at radius 2 is 0.905 bits per heavy atom. The second-order valence-corrected chi connectivity index (χ2v) is 12.8. The Labute approximate surface area is 252 Å². The number of benzene rings is 2. The number of phenols is 2. The molecule has 0 radical (unpaired) electrons. The van der Waals surface area contributed by atoms with Crippen molar-refractivity contribution < 1.29 is 40.2 Å². The fourth-order valence-electron chi connectivity index (χ4n) is 4.22. The number of aliphatic carboxylic acids is 2. The fourth-order valence-corrected chi connectivity index (χ4v) is 4.22. The van der Waals surface area contributed by atoms with Crippen LogP contribution in [0, 0.1) is 13.8 Å². The molecule has 8 heteroatoms. The molecule has 0 aliphatic rings. The van der Waals surface area contributed by atoms with Gasteiger partial charge in [-0.25, -0.2) is 0 Å². The van der Waals surface area contributed by atoms with Crippen LogP contribution in [0.4, 0.5) is 0 Å². The number of carboxylic acids is 2. The van der Waals surface area contributed by atoms with Crippen LogP contribution >= 0.6 is 0 Å². The van der Waals surface area contributed by atoms with Crippen molar-refractivity contribution in [1.82, 2.24) is 0 Å². The number of aliphatic hydroxyl groups is 2. The van der Waals surface area contributed by atoms with E-state index in [9.17, 15) is 19.8 Å². The first kappa shape index (κ1) is 38.9. The average Bonchev–Trinajstić information content (AvgIpc) is 2.87. The van der Waals surface area contributed by atoms with Crippen LogP contribution in [0.1, 0.15) is 113 Å². The van der Waals surface area contributed by atoms with Gasteiger partial charge in [0.2, 0.25) is 0 Å². The topological polar surface area (TPSA) is 156 Å². The van der Waals surface area contributed by atoms with Crippen LogP contribution < -0.4 is 0 Å². The second-order valence-electron chi connectivity index (χ2n) is 12.8. The Kier molecular flexibility index (Phi) is 17.1. The zero-order valence-electron chi connectivity index (χ0n) is 26.9. The molecule has 2 rings (SSSR count). The third-order valence-corrected chi connectivity index (χ3v) is 6.66. The van der Waals surface area contributed by atoms with E-state index in [0.717, 1.165) is 59.1 Å². The van der Waals surface area contributed by atoms with E-state index in [0.29, 0.717) is 24.3 Å². The van der Waals surface area contributed by atoms with Gasteiger partial charge in [0.25, 0.3) is 0 Å². The van der Waals surface area contributed by atoms with Crippen molar-refractivity contribution in [2.24, 2.45) is 0 Å². The predicted molar refractivity (Wildman–Crippen MR) is 168 cm³/mol. The maximum absolute atomic E-state index is 10.6. The van der Waals surface area contributed by atoms with E-state index in [-0.39, 0.29) is 36.9 Å². The Morgan fingerprint density at radius 3 is 1.14 bits per heavy atom. The molecule has 2 aromatic rings. The number of aryl methyl sites for hydroxylation is 4. The number of phenolic OH excluding ortho intramolecular Hbond substituents is 2. The van der Waals surface area contributed by atoms with E-state index in [1.807, 2.05) is 79.7 Å². The van der Waals surface area contributed by atoms with Crippen molar-refractivity contribution >= 4 is 11.9 Å². The minimum atomic E-state index is -0.798. The summed E-state index contributed by atoms with van der Waals surface area (Å²) >= 11 is 0. The summed E-state index contributed by atoms with van der Waals surface area (Å²) in [6.45, 7) is 16.4. The van der Waals surface area contributed by atoms with Gasteiger partial charge in [0.15, 0.2) is 0 Å². The van der Waals surface area contributed by atoms with Crippen LogP contribution in [0.25, 0.3) is 0 Å². The molecule has 0 aromatic heterocycles. The molecule has 6 N–H and O–H groups in total. The zero-order chi connectivity index (χ0) is 32.7. The molecule has 0 amide bonds. The van der Waals surface area contributed by atoms with E-state index in [4.69, 9.17) is 20.4 Å². The predicted octanol–water partition coefficient (Wildman–Crippen LogP) is 6.56. The van der Waals surface area contributed by atoms with Crippen molar-refractivity contribution in [2.75, 3.05) is 13.2 Å². The zero-order valence-corrected chi connectivity index (χ0v) is 26.9. The normalized spacial score (nSPS) is 11.2. The van der Waals surface area contributed by atoms with Crippen LogP contribution in [0.3, 0.4) is 0 Å². The summed E-state index contributed by atoms with van der Waals surface area (Å²) in [6, 6.07) is 7.53. The molecular weight excluding hydrogens is 536 g/mol. The summed E-state index contributed by atoms with van der Waals surface area (Å²) in [5.74, 6) is -0.964. The molecule has 0 unspecified atom stereocenters. The number of hydrogen-bond acceptors (Lipinski definition) is 6. The van der Waals surface area contributed by atoms with E-state index in [1.54, 1.807) is 0 Å². The van der Waals surface area contributed by atoms with Crippen molar-refractivity contribution in [2.45, 2.75) is 118 Å². The lowest BCUT2D eigenvalue weighted by atomic mass is 9.83. The van der Waals surface area contributed by atoms with Gasteiger partial charge in [-0.05, 0) is 83.7 Å². The van der Waals surface area contributed by atoms with Crippen LogP contribution in [-0.2, 0) is 33.3 Å². The van der Waals surface area contributed by atoms with E-state index < -0.39 is 11.9 Å². The maximum atomic E-state index is 10.6. The van der Waals surface area contributed by atoms with E-state index in [1.165, 1.54) is 0 Å². The second kappa shape index (κ2) is 18.4. The van der Waals surface area contributed by atoms with Crippen LogP contribution in [0.2, 0.25) is 0 Å². The Morgan fingerprint density at radius 1 is 0.595 bits per heavy atom. The molecule has 0 bridgehead atoms. The summed E-state index contributed by atoms with van der Waals surface area (Å²) in [4.78, 5) is 21.1. The average molecular weight is 591 g/mol. The van der Waals surface area contributed by atoms with Gasteiger partial charge in [0.05, 0.1) is 0 Å². The first-order chi connectivity index (χ1) is 19.3. The van der Waals surface area contributed by atoms with Gasteiger partial charge in [-0.2, -0.15) is 0 Å². The molecule has 0 aliphatic heterocycles. The molecule has 0 heterocycles. The minimum absolute atomic E-state index is 0.119. The van der Waals surface area contributed by atoms with Crippen molar-refractivity contribution in [1.29, 1.82) is 0 Å². The van der Waals surface area contributed by atoms with Crippen LogP contribution in [0.5, 0.6) is 11.5 Å². The standard InChI is InChI=1S/2C14H20O3.C6H14O2/c2*1-9-7-10(5-6-12(15)16)8-11(13(9)17)14(2,3)4;7-5-3-1-2-4-6-8/h2*7-8,17H,5-6H2,1-4H3,(H,15,16);7-8H,1-6H2. The van der Waals surface area contributed by atoms with Gasteiger partial charge in [0.1, 0.15) is 11.5 Å². The fraction of sp³-hybridized carbons (Fsp3) is 0.588. The molecule has 0 aliphatic carbocycles. The van der Waals surface area contributed by atoms with E-state index >= 15 is 0 Å². The summed E-state index contributed by atoms with van der Waals surface area (Å²) in [7, 11) is 0. The van der Waals surface area contributed by atoms with Gasteiger partial charge >= 0.3 is 11.9 Å². The molecule has 0 saturated heterocycles. The molecule has 42 heavy (non-hydrogen) atoms. The first-order valence-corrected chi connectivity index (χ1v) is 14.7. The molecule has 2 aromatic carbocycles. The minimum Gasteiger partial charge on any atom is -0.507 e. The number of rotatable bonds is 11. The smallest absolute Gasteiger partial charge is 0.303 e. The number of aliphatic hydroxyl groups excluding tert-OH is 2. The number of hydrogen-bond donors (Lipinski definition) is 6. The molecule has 0 fully saturated rings. The monoisotopic (exact) mass is 590 g/mol. The van der Waals surface area contributed by atoms with Crippen molar-refractivity contribution in [3.63, 3.8) is 0 Å². The third kappa shape index (κ3) is 15.2. The Balaban J connectivity index is 0.000000642. The van der Waals surface area contributed by atoms with Crippen LogP contribution in [-0.4, -0.2) is 55.8 Å². The number of carbonyl (C=O) groups is 2. The highest BCUT2D eigenvalue weighted by Gasteiger charge is 2.21. The number of aromatic hydroxyl groups is 2. The first-order valence-electron chi connectivity index (χ1n) is 14.7. The Bertz CT molecular complexity index is 1030. The summed E-state index contributed by atoms with van der Waals surface area (Å²) < 4.78 is 0.